The Labute approximate surface area is 127 Å². The Morgan fingerprint density at radius 2 is 1.95 bits per heavy atom. The van der Waals surface area contributed by atoms with Crippen LogP contribution in [0.1, 0.15) is 5.56 Å². The largest absolute Gasteiger partial charge is 0.481 e. The predicted octanol–water partition coefficient (Wildman–Crippen LogP) is 3.17. The minimum atomic E-state index is 0.408. The molecule has 0 saturated heterocycles. The van der Waals surface area contributed by atoms with E-state index in [-0.39, 0.29) is 0 Å². The molecule has 5 heteroatoms. The highest BCUT2D eigenvalue weighted by Gasteiger charge is 2.03. The number of carbonyl (C=O) groups is 1. The molecule has 3 aromatic rings. The van der Waals surface area contributed by atoms with E-state index >= 15 is 0 Å². The molecule has 0 unspecified atom stereocenters. The predicted molar refractivity (Wildman–Crippen MR) is 82.4 cm³/mol. The molecule has 5 nitrogen and oxygen atoms in total. The smallest absolute Gasteiger partial charge is 0.219 e. The summed E-state index contributed by atoms with van der Waals surface area (Å²) in [5.41, 5.74) is 1.78. The summed E-state index contributed by atoms with van der Waals surface area (Å²) < 4.78 is 10.7. The number of hydrogen-bond donors (Lipinski definition) is 0. The number of ether oxygens (including phenoxy) is 2. The van der Waals surface area contributed by atoms with Gasteiger partial charge in [-0.3, -0.25) is 0 Å². The second kappa shape index (κ2) is 6.22. The lowest BCUT2D eigenvalue weighted by atomic mass is 10.1. The summed E-state index contributed by atoms with van der Waals surface area (Å²) in [7, 11) is 1.56. The monoisotopic (exact) mass is 294 g/mol. The van der Waals surface area contributed by atoms with Crippen molar-refractivity contribution in [2.45, 2.75) is 6.42 Å². The highest BCUT2D eigenvalue weighted by molar-refractivity contribution is 5.80. The molecule has 22 heavy (non-hydrogen) atoms. The molecule has 0 atom stereocenters. The number of rotatable bonds is 5. The number of aldehydes is 1. The Morgan fingerprint density at radius 1 is 1.09 bits per heavy atom. The fraction of sp³-hybridized carbons (Fsp3) is 0.118. The number of fused-ring (bicyclic) bond motifs is 1. The van der Waals surface area contributed by atoms with Gasteiger partial charge in [-0.05, 0) is 29.8 Å². The lowest BCUT2D eigenvalue weighted by molar-refractivity contribution is -0.107. The third kappa shape index (κ3) is 3.03. The van der Waals surface area contributed by atoms with Crippen LogP contribution in [0.25, 0.3) is 10.9 Å². The van der Waals surface area contributed by atoms with Crippen molar-refractivity contribution >= 4 is 17.2 Å². The van der Waals surface area contributed by atoms with Crippen molar-refractivity contribution in [3.8, 4) is 17.5 Å². The molecule has 0 spiro atoms. The van der Waals surface area contributed by atoms with Crippen molar-refractivity contribution in [1.29, 1.82) is 0 Å². The van der Waals surface area contributed by atoms with E-state index < -0.39 is 0 Å². The lowest BCUT2D eigenvalue weighted by Crippen LogP contribution is -1.92. The van der Waals surface area contributed by atoms with E-state index in [2.05, 4.69) is 9.97 Å². The van der Waals surface area contributed by atoms with Gasteiger partial charge in [0.1, 0.15) is 12.0 Å². The minimum absolute atomic E-state index is 0.408. The van der Waals surface area contributed by atoms with Gasteiger partial charge >= 0.3 is 0 Å². The number of methoxy groups -OCH3 is 1. The number of hydrogen-bond acceptors (Lipinski definition) is 5. The third-order valence-corrected chi connectivity index (χ3v) is 3.19. The van der Waals surface area contributed by atoms with E-state index in [9.17, 15) is 4.79 Å². The summed E-state index contributed by atoms with van der Waals surface area (Å²) in [6, 6.07) is 12.9. The molecule has 0 saturated carbocycles. The zero-order valence-corrected chi connectivity index (χ0v) is 12.0. The van der Waals surface area contributed by atoms with Gasteiger partial charge in [0.15, 0.2) is 0 Å². The van der Waals surface area contributed by atoms with E-state index in [1.54, 1.807) is 31.5 Å². The Bertz CT molecular complexity index is 801. The topological polar surface area (TPSA) is 61.3 Å². The van der Waals surface area contributed by atoms with Gasteiger partial charge in [-0.15, -0.1) is 0 Å². The zero-order valence-electron chi connectivity index (χ0n) is 12.0. The first-order valence-electron chi connectivity index (χ1n) is 6.80. The molecule has 0 N–H and O–H groups in total. The summed E-state index contributed by atoms with van der Waals surface area (Å²) in [4.78, 5) is 19.1. The Hall–Kier alpha value is -2.95. The molecule has 2 aromatic heterocycles. The zero-order chi connectivity index (χ0) is 15.4. The average Bonchev–Trinajstić information content (AvgIpc) is 2.56. The van der Waals surface area contributed by atoms with Crippen LogP contribution >= 0.6 is 0 Å². The van der Waals surface area contributed by atoms with Gasteiger partial charge in [0.05, 0.1) is 18.8 Å². The first kappa shape index (κ1) is 14.0. The summed E-state index contributed by atoms with van der Waals surface area (Å²) in [6.07, 6.45) is 2.88. The normalized spacial score (nSPS) is 10.4. The Morgan fingerprint density at radius 3 is 2.68 bits per heavy atom. The maximum absolute atomic E-state index is 10.6. The second-order valence-corrected chi connectivity index (χ2v) is 4.69. The number of aromatic nitrogens is 2. The van der Waals surface area contributed by atoms with E-state index in [4.69, 9.17) is 9.47 Å². The van der Waals surface area contributed by atoms with Gasteiger partial charge in [-0.1, -0.05) is 6.07 Å². The maximum atomic E-state index is 10.6. The highest BCUT2D eigenvalue weighted by Crippen LogP contribution is 2.23. The van der Waals surface area contributed by atoms with E-state index in [1.165, 1.54) is 0 Å². The van der Waals surface area contributed by atoms with Crippen LogP contribution in [0.5, 0.6) is 17.5 Å². The molecule has 0 aliphatic carbocycles. The molecule has 110 valence electrons. The van der Waals surface area contributed by atoms with Crippen LogP contribution in [0.2, 0.25) is 0 Å². The van der Waals surface area contributed by atoms with Crippen LogP contribution in [0, 0.1) is 0 Å². The lowest BCUT2D eigenvalue weighted by Gasteiger charge is -2.07. The molecule has 2 heterocycles. The number of nitrogens with zero attached hydrogens (tertiary/aromatic N) is 2. The molecule has 0 aliphatic heterocycles. The SMILES string of the molecule is COc1ccc(Oc2ccc3cc(CC=O)ccc3n2)cn1. The Kier molecular flexibility index (Phi) is 3.96. The van der Waals surface area contributed by atoms with Gasteiger partial charge in [0.25, 0.3) is 0 Å². The van der Waals surface area contributed by atoms with Crippen LogP contribution in [0.3, 0.4) is 0 Å². The summed E-state index contributed by atoms with van der Waals surface area (Å²) >= 11 is 0. The van der Waals surface area contributed by atoms with Crippen molar-refractivity contribution in [2.75, 3.05) is 7.11 Å². The molecule has 0 amide bonds. The molecule has 0 fully saturated rings. The fourth-order valence-electron chi connectivity index (χ4n) is 2.10. The van der Waals surface area contributed by atoms with Crippen LogP contribution in [-0.4, -0.2) is 23.4 Å². The van der Waals surface area contributed by atoms with Gasteiger partial charge in [0, 0.05) is 23.9 Å². The van der Waals surface area contributed by atoms with E-state index in [0.717, 1.165) is 22.8 Å². The number of carbonyl (C=O) groups excluding carboxylic acids is 1. The van der Waals surface area contributed by atoms with Crippen LogP contribution in [0.15, 0.2) is 48.7 Å². The van der Waals surface area contributed by atoms with Gasteiger partial charge in [-0.2, -0.15) is 0 Å². The van der Waals surface area contributed by atoms with Crippen molar-refractivity contribution in [1.82, 2.24) is 9.97 Å². The van der Waals surface area contributed by atoms with Crippen molar-refractivity contribution < 1.29 is 14.3 Å². The van der Waals surface area contributed by atoms with Gasteiger partial charge in [0.2, 0.25) is 11.8 Å². The first-order valence-corrected chi connectivity index (χ1v) is 6.80. The molecule has 0 aliphatic rings. The van der Waals surface area contributed by atoms with Crippen LogP contribution in [0.4, 0.5) is 0 Å². The first-order chi connectivity index (χ1) is 10.8. The summed E-state index contributed by atoms with van der Waals surface area (Å²) in [6.45, 7) is 0. The number of pyridine rings is 2. The van der Waals surface area contributed by atoms with Crippen molar-refractivity contribution in [3.05, 3.63) is 54.2 Å². The molecule has 1 aromatic carbocycles. The Balaban J connectivity index is 1.84. The minimum Gasteiger partial charge on any atom is -0.481 e. The van der Waals surface area contributed by atoms with Crippen LogP contribution < -0.4 is 9.47 Å². The van der Waals surface area contributed by atoms with Gasteiger partial charge in [-0.25, -0.2) is 9.97 Å². The highest BCUT2D eigenvalue weighted by atomic mass is 16.5. The molecular formula is C17H14N2O3. The standard InChI is InChI=1S/C17H14N2O3/c1-21-16-7-4-14(11-18-16)22-17-6-3-13-10-12(8-9-20)2-5-15(13)19-17/h2-7,9-11H,8H2,1H3. The van der Waals surface area contributed by atoms with Crippen molar-refractivity contribution in [2.24, 2.45) is 0 Å². The van der Waals surface area contributed by atoms with E-state index in [0.29, 0.717) is 23.9 Å². The quantitative estimate of drug-likeness (QED) is 0.676. The third-order valence-electron chi connectivity index (χ3n) is 3.19. The second-order valence-electron chi connectivity index (χ2n) is 4.69. The molecular weight excluding hydrogens is 280 g/mol. The van der Waals surface area contributed by atoms with Gasteiger partial charge < -0.3 is 14.3 Å². The molecule has 0 radical (unpaired) electrons. The van der Waals surface area contributed by atoms with Crippen LogP contribution in [-0.2, 0) is 11.2 Å². The molecule has 3 rings (SSSR count). The van der Waals surface area contributed by atoms with Crippen molar-refractivity contribution in [3.63, 3.8) is 0 Å². The summed E-state index contributed by atoms with van der Waals surface area (Å²) in [5.74, 6) is 1.61. The summed E-state index contributed by atoms with van der Waals surface area (Å²) in [5, 5.41) is 0.972. The molecule has 0 bridgehead atoms. The maximum Gasteiger partial charge on any atom is 0.219 e. The fourth-order valence-corrected chi connectivity index (χ4v) is 2.10. The number of benzene rings is 1. The van der Waals surface area contributed by atoms with E-state index in [1.807, 2.05) is 24.3 Å². The average molecular weight is 294 g/mol.